The maximum absolute atomic E-state index is 14.0. The Hall–Kier alpha value is -5.39. The number of nitrogens with one attached hydrogen (secondary N) is 2. The van der Waals surface area contributed by atoms with Crippen LogP contribution in [0.5, 0.6) is 0 Å². The van der Waals surface area contributed by atoms with E-state index >= 15 is 0 Å². The Morgan fingerprint density at radius 2 is 1.63 bits per heavy atom. The molecule has 2 atom stereocenters. The number of aliphatic carboxylic acids is 1. The number of benzene rings is 3. The summed E-state index contributed by atoms with van der Waals surface area (Å²) in [6.45, 7) is 0.449. The molecule has 0 fully saturated rings. The number of para-hydroxylation sites is 2. The van der Waals surface area contributed by atoms with Crippen molar-refractivity contribution in [3.8, 4) is 0 Å². The summed E-state index contributed by atoms with van der Waals surface area (Å²) in [6, 6.07) is 16.1. The normalized spacial score (nSPS) is 15.2. The number of carbonyl (C=O) groups is 7. The first-order chi connectivity index (χ1) is 20.6. The predicted octanol–water partition coefficient (Wildman–Crippen LogP) is 1.85. The number of nitrogens with zero attached hydrogens (tertiary/aromatic N) is 2. The van der Waals surface area contributed by atoms with E-state index in [0.717, 1.165) is 10.3 Å². The minimum Gasteiger partial charge on any atom is -0.481 e. The Morgan fingerprint density at radius 3 is 2.33 bits per heavy atom. The first kappa shape index (κ1) is 30.6. The molecule has 1 aliphatic rings. The van der Waals surface area contributed by atoms with Crippen molar-refractivity contribution in [2.45, 2.75) is 38.3 Å². The number of carbonyl (C=O) groups excluding carboxylic acids is 6. The fourth-order valence-corrected chi connectivity index (χ4v) is 4.89. The molecule has 0 spiro atoms. The molecule has 43 heavy (non-hydrogen) atoms. The highest BCUT2D eigenvalue weighted by Gasteiger charge is 2.38. The molecule has 3 aromatic rings. The summed E-state index contributed by atoms with van der Waals surface area (Å²) in [6.07, 6.45) is -0.533. The number of Topliss-reactive ketones (excluding diaryl/α,β-unsaturated/α-hetero) is 1. The van der Waals surface area contributed by atoms with Crippen molar-refractivity contribution in [3.05, 3.63) is 72.3 Å². The van der Waals surface area contributed by atoms with E-state index in [4.69, 9.17) is 5.11 Å². The van der Waals surface area contributed by atoms with Crippen molar-refractivity contribution in [3.63, 3.8) is 0 Å². The van der Waals surface area contributed by atoms with Crippen molar-refractivity contribution in [2.24, 2.45) is 0 Å². The number of rotatable bonds is 11. The molecule has 0 radical (unpaired) electrons. The van der Waals surface area contributed by atoms with Gasteiger partial charge in [0.05, 0.1) is 30.4 Å². The van der Waals surface area contributed by atoms with E-state index in [0.29, 0.717) is 10.9 Å². The van der Waals surface area contributed by atoms with Crippen molar-refractivity contribution >= 4 is 63.8 Å². The summed E-state index contributed by atoms with van der Waals surface area (Å²) in [5.74, 6) is -4.07. The van der Waals surface area contributed by atoms with Crippen molar-refractivity contribution < 1.29 is 38.7 Å². The van der Waals surface area contributed by atoms with Gasteiger partial charge in [-0.3, -0.25) is 28.9 Å². The van der Waals surface area contributed by atoms with E-state index in [1.165, 1.54) is 17.9 Å². The molecule has 12 nitrogen and oxygen atoms in total. The van der Waals surface area contributed by atoms with E-state index in [1.807, 2.05) is 18.2 Å². The van der Waals surface area contributed by atoms with E-state index in [1.54, 1.807) is 42.5 Å². The molecule has 0 aromatic heterocycles. The number of fused-ring (bicyclic) bond motifs is 2. The van der Waals surface area contributed by atoms with Crippen LogP contribution in [0.1, 0.15) is 36.5 Å². The van der Waals surface area contributed by atoms with Crippen LogP contribution >= 0.6 is 0 Å². The zero-order valence-corrected chi connectivity index (χ0v) is 23.3. The van der Waals surface area contributed by atoms with Gasteiger partial charge in [-0.25, -0.2) is 0 Å². The number of anilines is 2. The van der Waals surface area contributed by atoms with Gasteiger partial charge in [-0.2, -0.15) is 0 Å². The highest BCUT2D eigenvalue weighted by molar-refractivity contribution is 6.13. The van der Waals surface area contributed by atoms with Crippen LogP contribution in [0, 0.1) is 0 Å². The summed E-state index contributed by atoms with van der Waals surface area (Å²) < 4.78 is 0. The van der Waals surface area contributed by atoms with E-state index in [2.05, 4.69) is 10.6 Å². The zero-order chi connectivity index (χ0) is 31.1. The molecule has 4 amide bonds. The smallest absolute Gasteiger partial charge is 0.305 e. The summed E-state index contributed by atoms with van der Waals surface area (Å²) in [5.41, 5.74) is 0.757. The van der Waals surface area contributed by atoms with Crippen LogP contribution in [-0.2, 0) is 28.8 Å². The molecule has 0 saturated carbocycles. The van der Waals surface area contributed by atoms with Crippen molar-refractivity contribution in [1.82, 2.24) is 10.6 Å². The second kappa shape index (κ2) is 13.5. The third-order valence-electron chi connectivity index (χ3n) is 6.93. The Balaban J connectivity index is 1.71. The second-order valence-electron chi connectivity index (χ2n) is 10.1. The molecule has 222 valence electrons. The van der Waals surface area contributed by atoms with Gasteiger partial charge < -0.3 is 30.2 Å². The van der Waals surface area contributed by atoms with Crippen LogP contribution < -0.4 is 20.4 Å². The standard InChI is InChI=1S/C31H30N4O8/c1-19(37)13-14-28(39)34-16-24(33-30(42)23-10-6-8-20-7-2-3-9-22(20)23)31(43)35(26-12-5-4-11-25(26)34)17-27(38)32-21(18-36)15-29(40)41/h2-12,18,21,24H,13-17H2,1H3,(H,32,38)(H,33,42)(H,40,41)/t21-,24-/m0/s1. The highest BCUT2D eigenvalue weighted by Crippen LogP contribution is 2.33. The van der Waals surface area contributed by atoms with Gasteiger partial charge in [0.1, 0.15) is 24.7 Å². The van der Waals surface area contributed by atoms with Crippen LogP contribution in [0.15, 0.2) is 66.7 Å². The molecule has 3 N–H and O–H groups in total. The van der Waals surface area contributed by atoms with Crippen molar-refractivity contribution in [2.75, 3.05) is 22.9 Å². The van der Waals surface area contributed by atoms with Crippen molar-refractivity contribution in [1.29, 1.82) is 0 Å². The molecular formula is C31H30N4O8. The summed E-state index contributed by atoms with van der Waals surface area (Å²) in [4.78, 5) is 90.3. The molecule has 3 aromatic carbocycles. The van der Waals surface area contributed by atoms with Crippen LogP contribution in [0.3, 0.4) is 0 Å². The van der Waals surface area contributed by atoms with Gasteiger partial charge in [0, 0.05) is 18.4 Å². The number of amides is 4. The lowest BCUT2D eigenvalue weighted by Crippen LogP contribution is -2.54. The Kier molecular flexibility index (Phi) is 9.61. The number of aldehydes is 1. The molecule has 0 unspecified atom stereocenters. The van der Waals surface area contributed by atoms with Crippen LogP contribution in [-0.4, -0.2) is 71.9 Å². The van der Waals surface area contributed by atoms with Crippen LogP contribution in [0.2, 0.25) is 0 Å². The highest BCUT2D eigenvalue weighted by atomic mass is 16.4. The lowest BCUT2D eigenvalue weighted by atomic mass is 10.0. The number of hydrogen-bond donors (Lipinski definition) is 3. The SMILES string of the molecule is CC(=O)CCC(=O)N1C[C@H](NC(=O)c2cccc3ccccc23)C(=O)N(CC(=O)N[C@H](C=O)CC(=O)O)c2ccccc21. The first-order valence-electron chi connectivity index (χ1n) is 13.5. The molecule has 1 aliphatic heterocycles. The minimum absolute atomic E-state index is 0.0265. The second-order valence-corrected chi connectivity index (χ2v) is 10.1. The van der Waals surface area contributed by atoms with Gasteiger partial charge in [-0.05, 0) is 35.9 Å². The molecular weight excluding hydrogens is 556 g/mol. The first-order valence-corrected chi connectivity index (χ1v) is 13.5. The third kappa shape index (κ3) is 7.28. The van der Waals surface area contributed by atoms with Gasteiger partial charge in [-0.1, -0.05) is 48.5 Å². The lowest BCUT2D eigenvalue weighted by molar-refractivity contribution is -0.139. The fraction of sp³-hybridized carbons (Fsp3) is 0.258. The minimum atomic E-state index is -1.33. The van der Waals surface area contributed by atoms with Gasteiger partial charge in [0.15, 0.2) is 0 Å². The topological polar surface area (TPSA) is 170 Å². The zero-order valence-electron chi connectivity index (χ0n) is 23.3. The Bertz CT molecular complexity index is 1600. The predicted molar refractivity (Wildman–Crippen MR) is 157 cm³/mol. The maximum atomic E-state index is 14.0. The van der Waals surface area contributed by atoms with E-state index in [9.17, 15) is 33.6 Å². The van der Waals surface area contributed by atoms with Gasteiger partial charge >= 0.3 is 5.97 Å². The van der Waals surface area contributed by atoms with Gasteiger partial charge in [0.25, 0.3) is 11.8 Å². The van der Waals surface area contributed by atoms with E-state index < -0.39 is 54.6 Å². The Labute approximate surface area is 246 Å². The number of ketones is 1. The lowest BCUT2D eigenvalue weighted by Gasteiger charge is -2.25. The molecule has 0 saturated heterocycles. The largest absolute Gasteiger partial charge is 0.481 e. The molecule has 0 aliphatic carbocycles. The average Bonchev–Trinajstić information content (AvgIpc) is 3.09. The molecule has 12 heteroatoms. The van der Waals surface area contributed by atoms with Gasteiger partial charge in [0.2, 0.25) is 11.8 Å². The quantitative estimate of drug-likeness (QED) is 0.286. The molecule has 1 heterocycles. The molecule has 0 bridgehead atoms. The van der Waals surface area contributed by atoms with Crippen LogP contribution in [0.4, 0.5) is 11.4 Å². The maximum Gasteiger partial charge on any atom is 0.305 e. The number of carboxylic acid groups (broad SMARTS) is 1. The summed E-state index contributed by atoms with van der Waals surface area (Å²) in [7, 11) is 0. The Morgan fingerprint density at radius 1 is 0.953 bits per heavy atom. The van der Waals surface area contributed by atoms with Crippen LogP contribution in [0.25, 0.3) is 10.8 Å². The van der Waals surface area contributed by atoms with Gasteiger partial charge in [-0.15, -0.1) is 0 Å². The third-order valence-corrected chi connectivity index (χ3v) is 6.93. The average molecular weight is 587 g/mol. The number of hydrogen-bond acceptors (Lipinski definition) is 7. The molecule has 4 rings (SSSR count). The monoisotopic (exact) mass is 586 g/mol. The number of carboxylic acids is 1. The fourth-order valence-electron chi connectivity index (χ4n) is 4.89. The summed E-state index contributed by atoms with van der Waals surface area (Å²) >= 11 is 0. The summed E-state index contributed by atoms with van der Waals surface area (Å²) in [5, 5.41) is 15.5. The van der Waals surface area contributed by atoms with E-state index in [-0.39, 0.29) is 42.8 Å².